The Morgan fingerprint density at radius 3 is 2.47 bits per heavy atom. The van der Waals surface area contributed by atoms with Gasteiger partial charge in [0.05, 0.1) is 28.5 Å². The topological polar surface area (TPSA) is 62.5 Å². The molecule has 0 saturated carbocycles. The highest BCUT2D eigenvalue weighted by Crippen LogP contribution is 2.34. The van der Waals surface area contributed by atoms with Gasteiger partial charge in [0.1, 0.15) is 11.3 Å². The van der Waals surface area contributed by atoms with Gasteiger partial charge in [0.15, 0.2) is 0 Å². The van der Waals surface area contributed by atoms with Crippen molar-refractivity contribution >= 4 is 46.5 Å². The third-order valence-electron chi connectivity index (χ3n) is 2.41. The van der Waals surface area contributed by atoms with E-state index in [0.717, 1.165) is 0 Å². The second-order valence-electron chi connectivity index (χ2n) is 3.66. The number of halogens is 3. The molecule has 0 unspecified atom stereocenters. The van der Waals surface area contributed by atoms with Gasteiger partial charge >= 0.3 is 5.97 Å². The molecule has 1 heterocycles. The molecular formula is C12H8Cl3NO3. The van der Waals surface area contributed by atoms with Gasteiger partial charge in [-0.15, -0.1) is 0 Å². The molecule has 0 bridgehead atoms. The first kappa shape index (κ1) is 14.1. The summed E-state index contributed by atoms with van der Waals surface area (Å²) in [4.78, 5) is 10.9. The number of hydrogen-bond acceptors (Lipinski definition) is 3. The first-order valence-electron chi connectivity index (χ1n) is 5.17. The summed E-state index contributed by atoms with van der Waals surface area (Å²) < 4.78 is 5.10. The number of nitrogens with one attached hydrogen (secondary N) is 1. The largest absolute Gasteiger partial charge is 0.478 e. The van der Waals surface area contributed by atoms with Gasteiger partial charge in [0, 0.05) is 5.02 Å². The zero-order valence-electron chi connectivity index (χ0n) is 9.41. The highest BCUT2D eigenvalue weighted by atomic mass is 35.5. The van der Waals surface area contributed by atoms with E-state index in [0.29, 0.717) is 20.8 Å². The van der Waals surface area contributed by atoms with Gasteiger partial charge < -0.3 is 14.8 Å². The summed E-state index contributed by atoms with van der Waals surface area (Å²) >= 11 is 17.8. The van der Waals surface area contributed by atoms with Crippen molar-refractivity contribution in [2.45, 2.75) is 6.54 Å². The number of rotatable bonds is 4. The first-order valence-corrected chi connectivity index (χ1v) is 6.30. The second-order valence-corrected chi connectivity index (χ2v) is 4.91. The van der Waals surface area contributed by atoms with Crippen molar-refractivity contribution in [3.8, 4) is 0 Å². The molecule has 0 spiro atoms. The van der Waals surface area contributed by atoms with Crippen molar-refractivity contribution < 1.29 is 14.3 Å². The molecule has 4 nitrogen and oxygen atoms in total. The maximum Gasteiger partial charge on any atom is 0.339 e. The molecule has 2 N–H and O–H groups in total. The standard InChI is InChI=1S/C12H8Cl3NO3/c13-6-3-8(14)11(9(15)4-6)16-5-10-7(12(17)18)1-2-19-10/h1-4,16H,5H2,(H,17,18). The molecule has 0 radical (unpaired) electrons. The third-order valence-corrected chi connectivity index (χ3v) is 3.22. The Morgan fingerprint density at radius 2 is 1.89 bits per heavy atom. The van der Waals surface area contributed by atoms with E-state index >= 15 is 0 Å². The van der Waals surface area contributed by atoms with Crippen LogP contribution in [0.5, 0.6) is 0 Å². The predicted octanol–water partition coefficient (Wildman–Crippen LogP) is 4.55. The Kier molecular flexibility index (Phi) is 4.24. The monoisotopic (exact) mass is 319 g/mol. The lowest BCUT2D eigenvalue weighted by Gasteiger charge is -2.10. The van der Waals surface area contributed by atoms with Gasteiger partial charge in [-0.25, -0.2) is 4.79 Å². The average Bonchev–Trinajstić information content (AvgIpc) is 2.75. The molecule has 0 aliphatic rings. The van der Waals surface area contributed by atoms with E-state index in [4.69, 9.17) is 44.3 Å². The Labute approximate surface area is 123 Å². The number of carbonyl (C=O) groups is 1. The molecule has 0 amide bonds. The van der Waals surface area contributed by atoms with E-state index in [9.17, 15) is 4.79 Å². The number of aromatic carboxylic acids is 1. The van der Waals surface area contributed by atoms with E-state index < -0.39 is 5.97 Å². The highest BCUT2D eigenvalue weighted by Gasteiger charge is 2.14. The van der Waals surface area contributed by atoms with Crippen LogP contribution in [0.15, 0.2) is 28.9 Å². The lowest BCUT2D eigenvalue weighted by Crippen LogP contribution is -2.05. The molecule has 7 heteroatoms. The maximum absolute atomic E-state index is 10.9. The van der Waals surface area contributed by atoms with Gasteiger partial charge in [-0.3, -0.25) is 0 Å². The lowest BCUT2D eigenvalue weighted by molar-refractivity contribution is 0.0694. The average molecular weight is 321 g/mol. The van der Waals surface area contributed by atoms with E-state index in [1.54, 1.807) is 0 Å². The van der Waals surface area contributed by atoms with Crippen molar-refractivity contribution in [2.24, 2.45) is 0 Å². The zero-order chi connectivity index (χ0) is 14.0. The molecule has 1 aromatic heterocycles. The summed E-state index contributed by atoms with van der Waals surface area (Å²) in [7, 11) is 0. The Balaban J connectivity index is 2.19. The fourth-order valence-corrected chi connectivity index (χ4v) is 2.50. The van der Waals surface area contributed by atoms with Gasteiger partial charge in [0.25, 0.3) is 0 Å². The van der Waals surface area contributed by atoms with Crippen LogP contribution < -0.4 is 5.32 Å². The maximum atomic E-state index is 10.9. The van der Waals surface area contributed by atoms with Crippen LogP contribution in [-0.4, -0.2) is 11.1 Å². The lowest BCUT2D eigenvalue weighted by atomic mass is 10.2. The van der Waals surface area contributed by atoms with Gasteiger partial charge in [-0.05, 0) is 18.2 Å². The predicted molar refractivity (Wildman–Crippen MR) is 74.5 cm³/mol. The summed E-state index contributed by atoms with van der Waals surface area (Å²) in [5, 5.41) is 13.0. The number of benzene rings is 1. The van der Waals surface area contributed by atoms with Gasteiger partial charge in [0.2, 0.25) is 0 Å². The van der Waals surface area contributed by atoms with Crippen LogP contribution in [0.25, 0.3) is 0 Å². The number of anilines is 1. The minimum absolute atomic E-state index is 0.0914. The zero-order valence-corrected chi connectivity index (χ0v) is 11.7. The fraction of sp³-hybridized carbons (Fsp3) is 0.0833. The third kappa shape index (κ3) is 3.15. The van der Waals surface area contributed by atoms with Crippen LogP contribution in [0.4, 0.5) is 5.69 Å². The molecule has 0 atom stereocenters. The molecule has 2 aromatic rings. The number of hydrogen-bond donors (Lipinski definition) is 2. The number of carboxylic acid groups (broad SMARTS) is 1. The summed E-state index contributed by atoms with van der Waals surface area (Å²) in [6.07, 6.45) is 1.31. The quantitative estimate of drug-likeness (QED) is 0.867. The van der Waals surface area contributed by atoms with Crippen LogP contribution in [-0.2, 0) is 6.54 Å². The smallest absolute Gasteiger partial charge is 0.339 e. The molecule has 100 valence electrons. The normalized spacial score (nSPS) is 10.5. The fourth-order valence-electron chi connectivity index (χ4n) is 1.55. The van der Waals surface area contributed by atoms with Crippen LogP contribution >= 0.6 is 34.8 Å². The molecule has 0 fully saturated rings. The second kappa shape index (κ2) is 5.74. The summed E-state index contributed by atoms with van der Waals surface area (Å²) in [6.45, 7) is 0.149. The molecule has 0 saturated heterocycles. The molecule has 2 rings (SSSR count). The Hall–Kier alpha value is -1.36. The van der Waals surface area contributed by atoms with E-state index in [1.807, 2.05) is 0 Å². The van der Waals surface area contributed by atoms with E-state index in [1.165, 1.54) is 24.5 Å². The van der Waals surface area contributed by atoms with Gasteiger partial charge in [-0.1, -0.05) is 34.8 Å². The van der Waals surface area contributed by atoms with Crippen LogP contribution in [0, 0.1) is 0 Å². The minimum atomic E-state index is -1.06. The minimum Gasteiger partial charge on any atom is -0.478 e. The van der Waals surface area contributed by atoms with Crippen LogP contribution in [0.2, 0.25) is 15.1 Å². The van der Waals surface area contributed by atoms with Crippen molar-refractivity contribution in [2.75, 3.05) is 5.32 Å². The Bertz CT molecular complexity index is 601. The van der Waals surface area contributed by atoms with Gasteiger partial charge in [-0.2, -0.15) is 0 Å². The van der Waals surface area contributed by atoms with E-state index in [-0.39, 0.29) is 17.9 Å². The van der Waals surface area contributed by atoms with Crippen molar-refractivity contribution in [3.63, 3.8) is 0 Å². The SMILES string of the molecule is O=C(O)c1ccoc1CNc1c(Cl)cc(Cl)cc1Cl. The van der Waals surface area contributed by atoms with Crippen LogP contribution in [0.3, 0.4) is 0 Å². The summed E-state index contributed by atoms with van der Waals surface area (Å²) in [5.41, 5.74) is 0.564. The highest BCUT2D eigenvalue weighted by molar-refractivity contribution is 6.41. The molecule has 1 aromatic carbocycles. The van der Waals surface area contributed by atoms with E-state index in [2.05, 4.69) is 5.32 Å². The van der Waals surface area contributed by atoms with Crippen molar-refractivity contribution in [3.05, 3.63) is 50.9 Å². The van der Waals surface area contributed by atoms with Crippen molar-refractivity contribution in [1.29, 1.82) is 0 Å². The molecule has 0 aliphatic heterocycles. The number of furan rings is 1. The number of carboxylic acids is 1. The molecule has 19 heavy (non-hydrogen) atoms. The molecular weight excluding hydrogens is 312 g/mol. The Morgan fingerprint density at radius 1 is 1.26 bits per heavy atom. The molecule has 0 aliphatic carbocycles. The first-order chi connectivity index (χ1) is 8.99. The van der Waals surface area contributed by atoms with Crippen LogP contribution in [0.1, 0.15) is 16.1 Å². The summed E-state index contributed by atoms with van der Waals surface area (Å²) in [6, 6.07) is 4.46. The van der Waals surface area contributed by atoms with Crippen molar-refractivity contribution in [1.82, 2.24) is 0 Å². The summed E-state index contributed by atoms with van der Waals surface area (Å²) in [5.74, 6) is -0.770.